The number of piperazine rings is 1. The number of fused-ring (bicyclic) bond motifs is 1. The average molecular weight is 471 g/mol. The molecular weight excluding hydrogens is 451 g/mol. The maximum absolute atomic E-state index is 13.3. The lowest BCUT2D eigenvalue weighted by atomic mass is 10.2. The Morgan fingerprint density at radius 1 is 1.06 bits per heavy atom. The molecule has 0 unspecified atom stereocenters. The Morgan fingerprint density at radius 3 is 2.38 bits per heavy atom. The molecule has 0 atom stereocenters. The van der Waals surface area contributed by atoms with Gasteiger partial charge in [0.15, 0.2) is 0 Å². The number of hydrogen-bond donors (Lipinski definition) is 2. The Bertz CT molecular complexity index is 1190. The van der Waals surface area contributed by atoms with E-state index in [-0.39, 0.29) is 11.4 Å². The van der Waals surface area contributed by atoms with Crippen molar-refractivity contribution >= 4 is 33.1 Å². The molecule has 1 fully saturated rings. The lowest BCUT2D eigenvalue weighted by molar-refractivity contribution is -0.274. The molecule has 0 saturated carbocycles. The van der Waals surface area contributed by atoms with Crippen molar-refractivity contribution in [1.29, 1.82) is 0 Å². The van der Waals surface area contributed by atoms with Crippen molar-refractivity contribution in [3.8, 4) is 5.75 Å². The zero-order valence-corrected chi connectivity index (χ0v) is 17.4. The van der Waals surface area contributed by atoms with Gasteiger partial charge in [-0.1, -0.05) is 24.3 Å². The molecule has 0 amide bonds. The lowest BCUT2D eigenvalue weighted by Gasteiger charge is -2.28. The minimum absolute atomic E-state index is 0.250. The summed E-state index contributed by atoms with van der Waals surface area (Å²) in [5.41, 5.74) is 1.23. The number of ether oxygens (including phenoxy) is 1. The summed E-state index contributed by atoms with van der Waals surface area (Å²) in [6, 6.07) is 11.5. The van der Waals surface area contributed by atoms with Crippen LogP contribution in [0.3, 0.4) is 0 Å². The van der Waals surface area contributed by atoms with Crippen LogP contribution in [0.2, 0.25) is 0 Å². The Labute approximate surface area is 181 Å². The number of nitrogens with one attached hydrogen (secondary N) is 1. The van der Waals surface area contributed by atoms with Gasteiger partial charge in [-0.3, -0.25) is 4.79 Å². The molecule has 3 aromatic rings. The number of rotatable bonds is 4. The molecule has 1 aliphatic rings. The van der Waals surface area contributed by atoms with Crippen molar-refractivity contribution < 1.29 is 36.2 Å². The van der Waals surface area contributed by atoms with Crippen molar-refractivity contribution in [2.75, 3.05) is 31.1 Å². The zero-order chi connectivity index (χ0) is 23.4. The Morgan fingerprint density at radius 2 is 1.72 bits per heavy atom. The van der Waals surface area contributed by atoms with Gasteiger partial charge >= 0.3 is 6.36 Å². The Kier molecular flexibility index (Phi) is 6.94. The molecule has 2 aromatic carbocycles. The number of aromatic nitrogens is 1. The molecule has 0 spiro atoms. The van der Waals surface area contributed by atoms with Crippen LogP contribution in [-0.4, -0.2) is 56.5 Å². The number of carbonyl (C=O) groups is 1. The van der Waals surface area contributed by atoms with E-state index in [0.717, 1.165) is 53.4 Å². The predicted molar refractivity (Wildman–Crippen MR) is 111 cm³/mol. The van der Waals surface area contributed by atoms with E-state index < -0.39 is 22.1 Å². The zero-order valence-electron chi connectivity index (χ0n) is 16.6. The van der Waals surface area contributed by atoms with Crippen LogP contribution in [0, 0.1) is 0 Å². The Hall–Kier alpha value is -3.25. The normalized spacial score (nSPS) is 14.5. The number of benzene rings is 2. The van der Waals surface area contributed by atoms with Gasteiger partial charge in [-0.25, -0.2) is 12.4 Å². The largest absolute Gasteiger partial charge is 0.573 e. The third kappa shape index (κ3) is 5.14. The smallest absolute Gasteiger partial charge is 0.483 e. The summed E-state index contributed by atoms with van der Waals surface area (Å²) in [5.74, 6) is -0.586. The summed E-state index contributed by atoms with van der Waals surface area (Å²) in [5, 5.41) is 10.9. The first kappa shape index (κ1) is 23.4. The summed E-state index contributed by atoms with van der Waals surface area (Å²) in [7, 11) is -4.13. The van der Waals surface area contributed by atoms with Gasteiger partial charge in [-0.2, -0.15) is 0 Å². The van der Waals surface area contributed by atoms with E-state index in [0.29, 0.717) is 5.52 Å². The number of hydrogen-bond acceptors (Lipinski definition) is 6. The highest BCUT2D eigenvalue weighted by Gasteiger charge is 2.32. The number of halogens is 3. The average Bonchev–Trinajstić information content (AvgIpc) is 3.14. The minimum Gasteiger partial charge on any atom is -0.483 e. The minimum atomic E-state index is -4.90. The maximum Gasteiger partial charge on any atom is 0.573 e. The second-order valence-electron chi connectivity index (χ2n) is 6.70. The SMILES string of the molecule is O=CO.O=S(=O)(c1cccc(OC(F)(F)F)c1)n1cc(N2CCNCC2)c2ccccc21. The van der Waals surface area contributed by atoms with Crippen LogP contribution in [0.1, 0.15) is 0 Å². The van der Waals surface area contributed by atoms with Crippen LogP contribution >= 0.6 is 0 Å². The molecule has 2 N–H and O–H groups in total. The van der Waals surface area contributed by atoms with Crippen LogP contribution in [-0.2, 0) is 14.8 Å². The third-order valence-electron chi connectivity index (χ3n) is 4.71. The monoisotopic (exact) mass is 471 g/mol. The molecule has 32 heavy (non-hydrogen) atoms. The topological polar surface area (TPSA) is 101 Å². The van der Waals surface area contributed by atoms with Crippen molar-refractivity contribution in [1.82, 2.24) is 9.29 Å². The maximum atomic E-state index is 13.3. The third-order valence-corrected chi connectivity index (χ3v) is 6.38. The van der Waals surface area contributed by atoms with Crippen LogP contribution in [0.4, 0.5) is 18.9 Å². The first-order chi connectivity index (χ1) is 15.2. The molecule has 1 aliphatic heterocycles. The number of anilines is 1. The second kappa shape index (κ2) is 9.49. The summed E-state index contributed by atoms with van der Waals surface area (Å²) in [6.45, 7) is 2.76. The van der Waals surface area contributed by atoms with Gasteiger partial charge in [0.1, 0.15) is 5.75 Å². The molecule has 0 aliphatic carbocycles. The van der Waals surface area contributed by atoms with Crippen LogP contribution in [0.5, 0.6) is 5.75 Å². The first-order valence-corrected chi connectivity index (χ1v) is 10.9. The number of carboxylic acid groups (broad SMARTS) is 1. The van der Waals surface area contributed by atoms with E-state index in [1.54, 1.807) is 12.1 Å². The molecule has 0 radical (unpaired) electrons. The fourth-order valence-corrected chi connectivity index (χ4v) is 4.83. The van der Waals surface area contributed by atoms with Gasteiger partial charge in [0, 0.05) is 43.8 Å². The van der Waals surface area contributed by atoms with E-state index in [4.69, 9.17) is 9.90 Å². The fourth-order valence-electron chi connectivity index (χ4n) is 3.43. The van der Waals surface area contributed by atoms with Crippen molar-refractivity contribution in [3.63, 3.8) is 0 Å². The second-order valence-corrected chi connectivity index (χ2v) is 8.51. The van der Waals surface area contributed by atoms with E-state index in [1.165, 1.54) is 18.3 Å². The number of nitrogens with zero attached hydrogens (tertiary/aromatic N) is 2. The van der Waals surface area contributed by atoms with Gasteiger partial charge in [-0.05, 0) is 18.2 Å². The fraction of sp³-hybridized carbons (Fsp3) is 0.250. The molecule has 172 valence electrons. The molecule has 4 rings (SSSR count). The van der Waals surface area contributed by atoms with Crippen molar-refractivity contribution in [2.24, 2.45) is 0 Å². The quantitative estimate of drug-likeness (QED) is 0.565. The summed E-state index contributed by atoms with van der Waals surface area (Å²) in [4.78, 5) is 10.2. The first-order valence-electron chi connectivity index (χ1n) is 9.42. The highest BCUT2D eigenvalue weighted by molar-refractivity contribution is 7.90. The summed E-state index contributed by atoms with van der Waals surface area (Å²) < 4.78 is 69.1. The molecule has 12 heteroatoms. The van der Waals surface area contributed by atoms with E-state index in [2.05, 4.69) is 15.0 Å². The van der Waals surface area contributed by atoms with Gasteiger partial charge in [0.25, 0.3) is 16.5 Å². The number of alkyl halides is 3. The van der Waals surface area contributed by atoms with Crippen molar-refractivity contribution in [3.05, 3.63) is 54.7 Å². The van der Waals surface area contributed by atoms with Gasteiger partial charge in [-0.15, -0.1) is 13.2 Å². The lowest BCUT2D eigenvalue weighted by Crippen LogP contribution is -2.43. The van der Waals surface area contributed by atoms with Crippen LogP contribution < -0.4 is 15.0 Å². The molecular formula is C20H20F3N3O5S. The van der Waals surface area contributed by atoms with Crippen LogP contribution in [0.15, 0.2) is 59.6 Å². The molecule has 1 saturated heterocycles. The van der Waals surface area contributed by atoms with Gasteiger partial charge in [0.05, 0.1) is 16.1 Å². The highest BCUT2D eigenvalue weighted by atomic mass is 32.2. The van der Waals surface area contributed by atoms with E-state index in [1.807, 2.05) is 12.1 Å². The Balaban J connectivity index is 0.000000913. The van der Waals surface area contributed by atoms with Crippen molar-refractivity contribution in [2.45, 2.75) is 11.3 Å². The van der Waals surface area contributed by atoms with Crippen LogP contribution in [0.25, 0.3) is 10.9 Å². The molecule has 8 nitrogen and oxygen atoms in total. The van der Waals surface area contributed by atoms with Gasteiger partial charge < -0.3 is 20.1 Å². The molecule has 0 bridgehead atoms. The predicted octanol–water partition coefficient (Wildman–Crippen LogP) is 2.89. The highest BCUT2D eigenvalue weighted by Crippen LogP contribution is 2.33. The summed E-state index contributed by atoms with van der Waals surface area (Å²) in [6.07, 6.45) is -3.37. The van der Waals surface area contributed by atoms with E-state index in [9.17, 15) is 21.6 Å². The summed E-state index contributed by atoms with van der Waals surface area (Å²) >= 11 is 0. The molecule has 2 heterocycles. The number of para-hydroxylation sites is 1. The van der Waals surface area contributed by atoms with E-state index >= 15 is 0 Å². The standard InChI is InChI=1S/C19H18F3N3O3S.CH2O2/c20-19(21,22)28-14-4-3-5-15(12-14)29(26,27)25-13-18(24-10-8-23-9-11-24)16-6-1-2-7-17(16)25;2-1-3/h1-7,12-13,23H,8-11H2;1H,(H,2,3). The molecule has 1 aromatic heterocycles. The van der Waals surface area contributed by atoms with Gasteiger partial charge in [0.2, 0.25) is 0 Å².